The molecule has 114 valence electrons. The molecule has 0 aliphatic heterocycles. The molecule has 0 aliphatic carbocycles. The van der Waals surface area contributed by atoms with Crippen LogP contribution >= 0.6 is 0 Å². The number of nitrogens with two attached hydrogens (primary N) is 1. The summed E-state index contributed by atoms with van der Waals surface area (Å²) in [6, 6.07) is 13.7. The van der Waals surface area contributed by atoms with Crippen molar-refractivity contribution in [3.8, 4) is 0 Å². The summed E-state index contributed by atoms with van der Waals surface area (Å²) >= 11 is 0. The van der Waals surface area contributed by atoms with Gasteiger partial charge in [0.05, 0.1) is 9.79 Å². The average molecular weight is 314 g/mol. The van der Waals surface area contributed by atoms with Gasteiger partial charge in [-0.05, 0) is 55.8 Å². The molecule has 3 aromatic rings. The molecule has 0 unspecified atom stereocenters. The lowest BCUT2D eigenvalue weighted by atomic mass is 10.1. The number of fused-ring (bicyclic) bond motifs is 1. The number of aromatic nitrogens is 1. The maximum atomic E-state index is 12.7. The minimum absolute atomic E-state index is 0.307. The third-order valence-electron chi connectivity index (χ3n) is 3.85. The van der Waals surface area contributed by atoms with Crippen LogP contribution in [0.4, 0.5) is 0 Å². The molecule has 1 aromatic heterocycles. The number of aryl methyl sites for hydroxylation is 1. The van der Waals surface area contributed by atoms with Gasteiger partial charge in [-0.3, -0.25) is 0 Å². The number of benzene rings is 2. The zero-order chi connectivity index (χ0) is 15.7. The number of hydrogen-bond acceptors (Lipinski definition) is 3. The highest BCUT2D eigenvalue weighted by Gasteiger charge is 2.19. The second kappa shape index (κ2) is 5.59. The molecule has 2 aromatic carbocycles. The van der Waals surface area contributed by atoms with E-state index in [1.54, 1.807) is 42.5 Å². The molecule has 0 fully saturated rings. The van der Waals surface area contributed by atoms with Gasteiger partial charge < -0.3 is 10.7 Å². The predicted octanol–water partition coefficient (Wildman–Crippen LogP) is 2.81. The first-order valence-corrected chi connectivity index (χ1v) is 8.64. The predicted molar refractivity (Wildman–Crippen MR) is 87.7 cm³/mol. The van der Waals surface area contributed by atoms with Crippen LogP contribution in [0.15, 0.2) is 58.3 Å². The molecular weight excluding hydrogens is 296 g/mol. The van der Waals surface area contributed by atoms with Crippen LogP contribution < -0.4 is 5.73 Å². The van der Waals surface area contributed by atoms with E-state index in [9.17, 15) is 8.42 Å². The number of hydrogen-bond donors (Lipinski definition) is 2. The minimum Gasteiger partial charge on any atom is -0.358 e. The first-order chi connectivity index (χ1) is 10.5. The highest BCUT2D eigenvalue weighted by molar-refractivity contribution is 7.91. The minimum atomic E-state index is -3.50. The molecule has 22 heavy (non-hydrogen) atoms. The molecule has 5 heteroatoms. The van der Waals surface area contributed by atoms with E-state index in [4.69, 9.17) is 5.73 Å². The lowest BCUT2D eigenvalue weighted by Crippen LogP contribution is -2.04. The fourth-order valence-electron chi connectivity index (χ4n) is 2.73. The number of sulfone groups is 1. The van der Waals surface area contributed by atoms with E-state index in [2.05, 4.69) is 4.98 Å². The van der Waals surface area contributed by atoms with Crippen LogP contribution in [0.1, 0.15) is 11.3 Å². The molecule has 0 spiro atoms. The monoisotopic (exact) mass is 314 g/mol. The van der Waals surface area contributed by atoms with E-state index >= 15 is 0 Å². The largest absolute Gasteiger partial charge is 0.358 e. The van der Waals surface area contributed by atoms with Gasteiger partial charge in [-0.1, -0.05) is 18.2 Å². The Kier molecular flexibility index (Phi) is 3.76. The fraction of sp³-hybridized carbons (Fsp3) is 0.176. The number of nitrogens with one attached hydrogen (secondary N) is 1. The van der Waals surface area contributed by atoms with Crippen LogP contribution in [0, 0.1) is 6.92 Å². The molecule has 0 radical (unpaired) electrons. The van der Waals surface area contributed by atoms with Gasteiger partial charge in [0, 0.05) is 16.6 Å². The second-order valence-electron chi connectivity index (χ2n) is 5.29. The third kappa shape index (κ3) is 2.42. The smallest absolute Gasteiger partial charge is 0.206 e. The van der Waals surface area contributed by atoms with E-state index < -0.39 is 9.84 Å². The first-order valence-electron chi connectivity index (χ1n) is 7.15. The van der Waals surface area contributed by atoms with Gasteiger partial charge in [-0.2, -0.15) is 0 Å². The molecule has 0 aliphatic rings. The molecular formula is C17H18N2O2S. The van der Waals surface area contributed by atoms with E-state index in [0.29, 0.717) is 16.3 Å². The van der Waals surface area contributed by atoms with E-state index in [1.807, 2.05) is 13.0 Å². The molecule has 4 nitrogen and oxygen atoms in total. The summed E-state index contributed by atoms with van der Waals surface area (Å²) in [5.74, 6) is 0. The van der Waals surface area contributed by atoms with E-state index in [0.717, 1.165) is 28.6 Å². The summed E-state index contributed by atoms with van der Waals surface area (Å²) in [5.41, 5.74) is 8.72. The first kappa shape index (κ1) is 14.8. The Morgan fingerprint density at radius 1 is 1.05 bits per heavy atom. The van der Waals surface area contributed by atoms with Gasteiger partial charge in [0.25, 0.3) is 0 Å². The highest BCUT2D eigenvalue weighted by atomic mass is 32.2. The third-order valence-corrected chi connectivity index (χ3v) is 5.62. The van der Waals surface area contributed by atoms with Gasteiger partial charge in [0.15, 0.2) is 0 Å². The lowest BCUT2D eigenvalue weighted by Gasteiger charge is -2.05. The summed E-state index contributed by atoms with van der Waals surface area (Å²) < 4.78 is 25.4. The van der Waals surface area contributed by atoms with Crippen LogP contribution in [0.3, 0.4) is 0 Å². The van der Waals surface area contributed by atoms with Crippen molar-refractivity contribution in [3.05, 3.63) is 59.8 Å². The van der Waals surface area contributed by atoms with Crippen LogP contribution in [-0.2, 0) is 16.3 Å². The molecule has 0 saturated heterocycles. The SMILES string of the molecule is Cc1[nH]c2ccc(S(=O)(=O)c3ccccc3)cc2c1CCN. The van der Waals surface area contributed by atoms with Gasteiger partial charge in [0.1, 0.15) is 0 Å². The summed E-state index contributed by atoms with van der Waals surface area (Å²) in [6.07, 6.45) is 0.723. The van der Waals surface area contributed by atoms with Crippen molar-refractivity contribution in [2.24, 2.45) is 5.73 Å². The molecule has 0 atom stereocenters. The molecule has 3 N–H and O–H groups in total. The summed E-state index contributed by atoms with van der Waals surface area (Å²) in [4.78, 5) is 3.90. The Hall–Kier alpha value is -2.11. The topological polar surface area (TPSA) is 76.0 Å². The quantitative estimate of drug-likeness (QED) is 0.777. The van der Waals surface area contributed by atoms with Crippen molar-refractivity contribution >= 4 is 20.7 Å². The Morgan fingerprint density at radius 3 is 2.45 bits per heavy atom. The molecule has 0 amide bonds. The standard InChI is InChI=1S/C17H18N2O2S/c1-12-15(9-10-18)16-11-14(7-8-17(16)19-12)22(20,21)13-5-3-2-4-6-13/h2-8,11,19H,9-10,18H2,1H3. The van der Waals surface area contributed by atoms with E-state index in [1.165, 1.54) is 0 Å². The van der Waals surface area contributed by atoms with Gasteiger partial charge >= 0.3 is 0 Å². The fourth-order valence-corrected chi connectivity index (χ4v) is 4.04. The van der Waals surface area contributed by atoms with Crippen LogP contribution in [0.25, 0.3) is 10.9 Å². The van der Waals surface area contributed by atoms with Crippen molar-refractivity contribution in [2.75, 3.05) is 6.54 Å². The van der Waals surface area contributed by atoms with Crippen molar-refractivity contribution in [3.63, 3.8) is 0 Å². The maximum absolute atomic E-state index is 12.7. The van der Waals surface area contributed by atoms with Crippen molar-refractivity contribution in [2.45, 2.75) is 23.1 Å². The van der Waals surface area contributed by atoms with Gasteiger partial charge in [-0.25, -0.2) is 8.42 Å². The van der Waals surface area contributed by atoms with Crippen LogP contribution in [0.5, 0.6) is 0 Å². The highest BCUT2D eigenvalue weighted by Crippen LogP contribution is 2.28. The lowest BCUT2D eigenvalue weighted by molar-refractivity contribution is 0.596. The summed E-state index contributed by atoms with van der Waals surface area (Å²) in [5, 5.41) is 0.931. The Balaban J connectivity index is 2.18. The van der Waals surface area contributed by atoms with Crippen molar-refractivity contribution in [1.29, 1.82) is 0 Å². The Bertz CT molecular complexity index is 912. The zero-order valence-corrected chi connectivity index (χ0v) is 13.2. The van der Waals surface area contributed by atoms with Crippen LogP contribution in [0.2, 0.25) is 0 Å². The van der Waals surface area contributed by atoms with Gasteiger partial charge in [0.2, 0.25) is 9.84 Å². The summed E-state index contributed by atoms with van der Waals surface area (Å²) in [6.45, 7) is 2.51. The Labute approximate surface area is 129 Å². The van der Waals surface area contributed by atoms with Crippen molar-refractivity contribution in [1.82, 2.24) is 4.98 Å². The van der Waals surface area contributed by atoms with Crippen LogP contribution in [-0.4, -0.2) is 19.9 Å². The Morgan fingerprint density at radius 2 is 1.77 bits per heavy atom. The van der Waals surface area contributed by atoms with Crippen molar-refractivity contribution < 1.29 is 8.42 Å². The molecule has 0 saturated carbocycles. The molecule has 3 rings (SSSR count). The van der Waals surface area contributed by atoms with Gasteiger partial charge in [-0.15, -0.1) is 0 Å². The average Bonchev–Trinajstić information content (AvgIpc) is 2.84. The second-order valence-corrected chi connectivity index (χ2v) is 7.24. The molecule has 1 heterocycles. The normalized spacial score (nSPS) is 11.9. The number of aromatic amines is 1. The number of H-pyrrole nitrogens is 1. The summed E-state index contributed by atoms with van der Waals surface area (Å²) in [7, 11) is -3.50. The molecule has 0 bridgehead atoms. The zero-order valence-electron chi connectivity index (χ0n) is 12.3. The number of rotatable bonds is 4. The maximum Gasteiger partial charge on any atom is 0.206 e. The van der Waals surface area contributed by atoms with E-state index in [-0.39, 0.29) is 0 Å².